The second-order valence-electron chi connectivity index (χ2n) is 27.8. The fourth-order valence-electron chi connectivity index (χ4n) is 12.5. The minimum absolute atomic E-state index is 0.0300. The highest BCUT2D eigenvalue weighted by molar-refractivity contribution is 14.1. The number of nitrogens with zero attached hydrogens (tertiary/aromatic N) is 14. The van der Waals surface area contributed by atoms with Crippen molar-refractivity contribution in [1.29, 1.82) is 0 Å². The number of aromatic nitrogens is 19. The van der Waals surface area contributed by atoms with Crippen molar-refractivity contribution in [2.75, 3.05) is 109 Å². The summed E-state index contributed by atoms with van der Waals surface area (Å²) in [6.45, 7) is 8.56. The number of esters is 1. The van der Waals surface area contributed by atoms with Crippen molar-refractivity contribution >= 4 is 92.4 Å². The van der Waals surface area contributed by atoms with Gasteiger partial charge >= 0.3 is 5.97 Å². The molecule has 3 unspecified atom stereocenters. The van der Waals surface area contributed by atoms with Crippen LogP contribution in [0.25, 0.3) is 17.3 Å². The number of halogens is 3. The molecule has 2 aromatic carbocycles. The molecule has 3 atom stereocenters. The van der Waals surface area contributed by atoms with Crippen molar-refractivity contribution in [3.63, 3.8) is 0 Å². The molecule has 656 valence electrons. The van der Waals surface area contributed by atoms with Crippen molar-refractivity contribution in [3.8, 4) is 22.9 Å². The van der Waals surface area contributed by atoms with E-state index in [1.54, 1.807) is 96.8 Å². The zero-order valence-corrected chi connectivity index (χ0v) is 76.5. The van der Waals surface area contributed by atoms with Crippen LogP contribution in [0.4, 0.5) is 0 Å². The second-order valence-corrected chi connectivity index (χ2v) is 31.0. The molecule has 37 heteroatoms. The second kappa shape index (κ2) is 56.7. The number of carbonyl (C=O) groups is 3. The lowest BCUT2D eigenvalue weighted by atomic mass is 9.82. The van der Waals surface area contributed by atoms with Gasteiger partial charge < -0.3 is 56.8 Å². The van der Waals surface area contributed by atoms with Crippen molar-refractivity contribution in [2.24, 2.45) is 0 Å². The van der Waals surface area contributed by atoms with E-state index in [9.17, 15) is 14.4 Å². The van der Waals surface area contributed by atoms with Gasteiger partial charge in [-0.1, -0.05) is 41.6 Å². The topological polar surface area (TPSA) is 390 Å². The molecular weight excluding hydrogens is 1900 g/mol. The summed E-state index contributed by atoms with van der Waals surface area (Å²) >= 11 is 6.66. The van der Waals surface area contributed by atoms with E-state index >= 15 is 0 Å². The molecule has 0 bridgehead atoms. The number of carbonyl (C=O) groups excluding carboxylic acids is 3. The number of nitrogens with one attached hydrogen (secondary N) is 5. The predicted molar refractivity (Wildman–Crippen MR) is 478 cm³/mol. The Bertz CT molecular complexity index is 4600. The van der Waals surface area contributed by atoms with Crippen LogP contribution in [0.3, 0.4) is 0 Å². The molecular formula is C84H114I3N19O15. The van der Waals surface area contributed by atoms with E-state index in [4.69, 9.17) is 56.8 Å². The fraction of sp³-hybridized carbons (Fsp3) is 0.488. The highest BCUT2D eigenvalue weighted by atomic mass is 127. The largest absolute Gasteiger partial charge is 0.504 e. The summed E-state index contributed by atoms with van der Waals surface area (Å²) in [6, 6.07) is 29.7. The molecule has 1 aliphatic carbocycles. The Balaban J connectivity index is 0.000000189. The van der Waals surface area contributed by atoms with Gasteiger partial charge in [-0.05, 0) is 230 Å². The van der Waals surface area contributed by atoms with Crippen LogP contribution in [0, 0.1) is 11.0 Å². The van der Waals surface area contributed by atoms with Crippen molar-refractivity contribution in [2.45, 2.75) is 160 Å². The molecule has 4 fully saturated rings. The van der Waals surface area contributed by atoms with Gasteiger partial charge in [-0.25, -0.2) is 23.5 Å². The molecule has 11 aromatic rings. The molecule has 3 saturated heterocycles. The summed E-state index contributed by atoms with van der Waals surface area (Å²) < 4.78 is 73.9. The van der Waals surface area contributed by atoms with Crippen LogP contribution in [0.1, 0.15) is 192 Å². The van der Waals surface area contributed by atoms with E-state index in [1.165, 1.54) is 41.0 Å². The minimum atomic E-state index is -0.528. The number of ether oxygens (including phenoxy) is 12. The molecule has 12 heterocycles. The van der Waals surface area contributed by atoms with Gasteiger partial charge in [-0.15, -0.1) is 5.10 Å². The standard InChI is InChI=1S/C31H37N5O5.C11H18N2O2.C11H16N2O2.C9H12N2O2.C6H8I2N2O.C6H9IN2O.C6H10N2O.C4H4N2O/c1-4-40-31(37)29-30(36(35-34-29)20-21-5-13-26(39-3)14-6-21)41-27-15-11-23(12-16-27)22-7-9-24(10-8-22)28-19-25(32-33-28)17-18-38-2;2*1-14-9-6-10-5-7-13(12-10)11-4-2-3-8-15-11;12-7-8-4-5-11(10-8)9-3-1-2-6-13-9;1-11-3-2-4-5(7)6(8)10-9-4;1-10-3-2-5-4-6(7)9-8-5;1-9-5-3-6-2-4-7-8-6;7-3-4-1-2-5-6-4/h5-10,13-14,19,23,27H,4,11-12,15-18,20H2,1-3H3,(H,32,33);5,7,11H,2-4,6,8-9H2,1H3;5-7,9,11H,2-4,8H2,1H3;4-5,7,9H,1-3,6H2;2-3H2,1H3,(H,9,10);4H,2-3H2,1H3,(H,8,9);2,4H,3,5H2,1H3,(H,7,8);1-3H,(H,5,6)/b;;9-6+;;;;;. The lowest BCUT2D eigenvalue weighted by Gasteiger charge is -2.29. The van der Waals surface area contributed by atoms with Crippen molar-refractivity contribution in [1.82, 2.24) is 95.3 Å². The molecule has 4 aliphatic rings. The van der Waals surface area contributed by atoms with Crippen LogP contribution in [-0.4, -0.2) is 229 Å². The number of benzene rings is 2. The molecule has 34 nitrogen and oxygen atoms in total. The molecule has 15 rings (SSSR count). The fourth-order valence-corrected chi connectivity index (χ4v) is 14.0. The highest BCUT2D eigenvalue weighted by Crippen LogP contribution is 2.37. The van der Waals surface area contributed by atoms with E-state index in [0.717, 1.165) is 207 Å². The number of methoxy groups -OCH3 is 7. The van der Waals surface area contributed by atoms with Gasteiger partial charge in [0.15, 0.2) is 12.6 Å². The Hall–Kier alpha value is -8.92. The monoisotopic (exact) mass is 2010 g/mol. The Morgan fingerprint density at radius 2 is 1.12 bits per heavy atom. The molecule has 5 N–H and O–H groups in total. The average molecular weight is 2010 g/mol. The van der Waals surface area contributed by atoms with Gasteiger partial charge in [0.05, 0.1) is 98.7 Å². The van der Waals surface area contributed by atoms with Crippen LogP contribution in [0.5, 0.6) is 11.6 Å². The molecule has 0 amide bonds. The number of hydrogen-bond donors (Lipinski definition) is 5. The molecule has 121 heavy (non-hydrogen) atoms. The van der Waals surface area contributed by atoms with Crippen molar-refractivity contribution < 1.29 is 71.2 Å². The zero-order valence-electron chi connectivity index (χ0n) is 70.1. The number of hydrogen-bond acceptors (Lipinski definition) is 25. The zero-order chi connectivity index (χ0) is 86.0. The van der Waals surface area contributed by atoms with Crippen LogP contribution >= 0.6 is 67.8 Å². The number of rotatable bonds is 31. The van der Waals surface area contributed by atoms with Crippen LogP contribution in [0.2, 0.25) is 0 Å². The summed E-state index contributed by atoms with van der Waals surface area (Å²) in [4.78, 5) is 32.8. The maximum atomic E-state index is 12.6. The molecule has 0 spiro atoms. The predicted octanol–water partition coefficient (Wildman–Crippen LogP) is 14.4. The van der Waals surface area contributed by atoms with E-state index in [-0.39, 0.29) is 37.1 Å². The number of aldehydes is 2. The summed E-state index contributed by atoms with van der Waals surface area (Å²) in [6.07, 6.45) is 32.5. The molecule has 0 radical (unpaired) electrons. The van der Waals surface area contributed by atoms with Gasteiger partial charge in [-0.3, -0.25) is 35.1 Å². The van der Waals surface area contributed by atoms with Gasteiger partial charge in [-0.2, -0.15) is 40.8 Å². The summed E-state index contributed by atoms with van der Waals surface area (Å²) in [5.41, 5.74) is 11.9. The Morgan fingerprint density at radius 3 is 1.64 bits per heavy atom. The third kappa shape index (κ3) is 34.7. The van der Waals surface area contributed by atoms with E-state index in [0.29, 0.717) is 42.6 Å². The quantitative estimate of drug-likeness (QED) is 0.0117. The van der Waals surface area contributed by atoms with Crippen molar-refractivity contribution in [3.05, 3.63) is 202 Å². The highest BCUT2D eigenvalue weighted by Gasteiger charge is 2.30. The SMILES string of the molecule is CCOC(=O)c1nnn(Cc2ccc(OC)cc2)c1OC1CCC(c2ccc(-c3cc(CCOC)[nH]n3)cc2)CC1.CO/C=C/c1ccn(C2CCCCO2)n1.COCCc1[nH]nc(I)c1I.COCCc1cc(I)n[nH]1.COCCc1ccn(C2CCCCO2)n1.COCCc1ccn[nH]1.O=Cc1ccn(C2CCCCO2)n1.O=Cc1ccn[nH]1. The number of H-pyrrole nitrogens is 5. The third-order valence-electron chi connectivity index (χ3n) is 19.1. The third-order valence-corrected chi connectivity index (χ3v) is 22.6. The Labute approximate surface area is 746 Å². The maximum absolute atomic E-state index is 12.6. The number of aromatic amines is 5. The van der Waals surface area contributed by atoms with Crippen LogP contribution < -0.4 is 9.47 Å². The first-order valence-corrected chi connectivity index (χ1v) is 43.6. The Morgan fingerprint density at radius 1 is 0.554 bits per heavy atom. The first-order valence-electron chi connectivity index (χ1n) is 40.4. The molecule has 9 aromatic heterocycles. The summed E-state index contributed by atoms with van der Waals surface area (Å²) in [5, 5.41) is 55.4. The van der Waals surface area contributed by atoms with E-state index < -0.39 is 5.97 Å². The normalized spacial score (nSPS) is 16.6. The molecule has 1 saturated carbocycles. The minimum Gasteiger partial charge on any atom is -0.504 e. The summed E-state index contributed by atoms with van der Waals surface area (Å²) in [7, 11) is 11.8. The van der Waals surface area contributed by atoms with Crippen LogP contribution in [-0.2, 0) is 86.0 Å². The van der Waals surface area contributed by atoms with Gasteiger partial charge in [0.25, 0.3) is 0 Å². The van der Waals surface area contributed by atoms with Gasteiger partial charge in [0.1, 0.15) is 43.6 Å². The lowest BCUT2D eigenvalue weighted by molar-refractivity contribution is -0.0397. The van der Waals surface area contributed by atoms with Gasteiger partial charge in [0, 0.05) is 147 Å². The average Bonchev–Trinajstić information content (AvgIpc) is 1.68. The van der Waals surface area contributed by atoms with Gasteiger partial charge in [0.2, 0.25) is 11.6 Å². The smallest absolute Gasteiger partial charge is 0.364 e. The first kappa shape index (κ1) is 97.5. The summed E-state index contributed by atoms with van der Waals surface area (Å²) in [5.74, 6) is 1.05. The van der Waals surface area contributed by atoms with E-state index in [2.05, 4.69) is 175 Å². The lowest BCUT2D eigenvalue weighted by Crippen LogP contribution is -2.25. The Kier molecular flexibility index (Phi) is 45.7. The van der Waals surface area contributed by atoms with Crippen LogP contribution in [0.15, 0.2) is 128 Å². The maximum Gasteiger partial charge on any atom is 0.364 e. The first-order chi connectivity index (χ1) is 59.2. The molecule has 3 aliphatic heterocycles. The van der Waals surface area contributed by atoms with E-state index in [1.807, 2.05) is 76.4 Å².